The Labute approximate surface area is 123 Å². The Balaban J connectivity index is 1.72. The van der Waals surface area contributed by atoms with Crippen molar-refractivity contribution in [2.24, 2.45) is 0 Å². The van der Waals surface area contributed by atoms with E-state index >= 15 is 0 Å². The predicted octanol–water partition coefficient (Wildman–Crippen LogP) is 2.52. The maximum atomic E-state index is 12.8. The Hall–Kier alpha value is -1.07. The second-order valence-electron chi connectivity index (χ2n) is 5.04. The molecule has 1 aromatic rings. The minimum Gasteiger partial charge on any atom is -0.343 e. The molecule has 0 aliphatic carbocycles. The van der Waals surface area contributed by atoms with Gasteiger partial charge in [0.2, 0.25) is 5.91 Å². The van der Waals surface area contributed by atoms with Crippen LogP contribution in [0, 0.1) is 5.82 Å². The molecular weight excluding hydrogens is 275 g/mol. The van der Waals surface area contributed by atoms with Crippen molar-refractivity contribution in [1.29, 1.82) is 0 Å². The molecule has 1 amide bonds. The largest absolute Gasteiger partial charge is 0.343 e. The second-order valence-corrected chi connectivity index (χ2v) is 6.21. The lowest BCUT2D eigenvalue weighted by Gasteiger charge is -2.31. The number of halogens is 1. The highest BCUT2D eigenvalue weighted by Crippen LogP contribution is 2.20. The van der Waals surface area contributed by atoms with Gasteiger partial charge in [-0.25, -0.2) is 4.39 Å². The van der Waals surface area contributed by atoms with Gasteiger partial charge >= 0.3 is 0 Å². The van der Waals surface area contributed by atoms with E-state index in [-0.39, 0.29) is 11.7 Å². The summed E-state index contributed by atoms with van der Waals surface area (Å²) in [6.45, 7) is 1.99. The minimum atomic E-state index is -0.226. The van der Waals surface area contributed by atoms with Gasteiger partial charge in [0, 0.05) is 30.2 Å². The van der Waals surface area contributed by atoms with Crippen molar-refractivity contribution in [2.45, 2.75) is 30.2 Å². The zero-order valence-corrected chi connectivity index (χ0v) is 12.6. The summed E-state index contributed by atoms with van der Waals surface area (Å²) in [5, 5.41) is 3.31. The van der Waals surface area contributed by atoms with Gasteiger partial charge in [-0.05, 0) is 50.2 Å². The summed E-state index contributed by atoms with van der Waals surface area (Å²) in [5.74, 6) is 0.710. The fraction of sp³-hybridized carbons (Fsp3) is 0.533. The summed E-state index contributed by atoms with van der Waals surface area (Å²) in [6.07, 6.45) is 2.60. The lowest BCUT2D eigenvalue weighted by Crippen LogP contribution is -2.44. The Morgan fingerprint density at radius 2 is 2.00 bits per heavy atom. The molecule has 1 fully saturated rings. The van der Waals surface area contributed by atoms with Gasteiger partial charge in [-0.2, -0.15) is 0 Å². The number of benzene rings is 1. The van der Waals surface area contributed by atoms with Crippen LogP contribution < -0.4 is 5.32 Å². The number of rotatable bonds is 5. The number of nitrogens with zero attached hydrogens (tertiary/aromatic N) is 1. The Bertz CT molecular complexity index is 432. The molecule has 1 aromatic carbocycles. The van der Waals surface area contributed by atoms with E-state index in [2.05, 4.69) is 5.32 Å². The highest BCUT2D eigenvalue weighted by Gasteiger charge is 2.21. The molecular formula is C15H21FN2OS. The van der Waals surface area contributed by atoms with Gasteiger partial charge in [-0.15, -0.1) is 11.8 Å². The third-order valence-electron chi connectivity index (χ3n) is 3.65. The van der Waals surface area contributed by atoms with E-state index in [1.807, 2.05) is 11.9 Å². The number of amides is 1. The summed E-state index contributed by atoms with van der Waals surface area (Å²) in [6, 6.07) is 6.78. The van der Waals surface area contributed by atoms with Crippen LogP contribution in [0.25, 0.3) is 0 Å². The van der Waals surface area contributed by atoms with E-state index in [4.69, 9.17) is 0 Å². The number of thioether (sulfide) groups is 1. The summed E-state index contributed by atoms with van der Waals surface area (Å²) in [4.78, 5) is 15.0. The number of carbonyl (C=O) groups excluding carboxylic acids is 1. The first-order chi connectivity index (χ1) is 9.66. The molecule has 0 radical (unpaired) electrons. The lowest BCUT2D eigenvalue weighted by atomic mass is 10.1. The highest BCUT2D eigenvalue weighted by atomic mass is 32.2. The van der Waals surface area contributed by atoms with Crippen LogP contribution in [0.15, 0.2) is 29.2 Å². The van der Waals surface area contributed by atoms with Crippen LogP contribution in [-0.4, -0.2) is 42.7 Å². The monoisotopic (exact) mass is 296 g/mol. The third-order valence-corrected chi connectivity index (χ3v) is 4.66. The Morgan fingerprint density at radius 3 is 2.65 bits per heavy atom. The molecule has 0 bridgehead atoms. The normalized spacial score (nSPS) is 16.1. The third kappa shape index (κ3) is 4.49. The quantitative estimate of drug-likeness (QED) is 0.848. The highest BCUT2D eigenvalue weighted by molar-refractivity contribution is 7.99. The van der Waals surface area contributed by atoms with Crippen LogP contribution in [0.4, 0.5) is 4.39 Å². The van der Waals surface area contributed by atoms with E-state index in [9.17, 15) is 9.18 Å². The maximum absolute atomic E-state index is 12.8. The average Bonchev–Trinajstić information content (AvgIpc) is 2.49. The van der Waals surface area contributed by atoms with E-state index in [0.717, 1.165) is 36.6 Å². The number of hydrogen-bond donors (Lipinski definition) is 1. The molecule has 1 heterocycles. The number of piperidine rings is 1. The fourth-order valence-corrected chi connectivity index (χ4v) is 3.20. The standard InChI is InChI=1S/C15H21FN2OS/c1-18(13-6-9-17-10-7-13)15(19)8-11-20-14-4-2-12(16)3-5-14/h2-5,13,17H,6-11H2,1H3. The number of carbonyl (C=O) groups is 1. The van der Waals surface area contributed by atoms with E-state index in [0.29, 0.717) is 12.5 Å². The summed E-state index contributed by atoms with van der Waals surface area (Å²) in [5.41, 5.74) is 0. The lowest BCUT2D eigenvalue weighted by molar-refractivity contribution is -0.131. The van der Waals surface area contributed by atoms with Crippen LogP contribution in [0.3, 0.4) is 0 Å². The molecule has 1 aliphatic heterocycles. The molecule has 1 saturated heterocycles. The maximum Gasteiger partial charge on any atom is 0.223 e. The first-order valence-corrected chi connectivity index (χ1v) is 8.00. The fourth-order valence-electron chi connectivity index (χ4n) is 2.36. The molecule has 1 aliphatic rings. The first kappa shape index (κ1) is 15.3. The molecule has 2 rings (SSSR count). The van der Waals surface area contributed by atoms with Gasteiger partial charge < -0.3 is 10.2 Å². The van der Waals surface area contributed by atoms with Crippen molar-refractivity contribution >= 4 is 17.7 Å². The second kappa shape index (κ2) is 7.64. The molecule has 1 N–H and O–H groups in total. The van der Waals surface area contributed by atoms with Crippen LogP contribution >= 0.6 is 11.8 Å². The predicted molar refractivity (Wildman–Crippen MR) is 80.4 cm³/mol. The van der Waals surface area contributed by atoms with Crippen molar-refractivity contribution in [3.63, 3.8) is 0 Å². The molecule has 0 aromatic heterocycles. The average molecular weight is 296 g/mol. The summed E-state index contributed by atoms with van der Waals surface area (Å²) < 4.78 is 12.8. The van der Waals surface area contributed by atoms with Crippen LogP contribution in [0.5, 0.6) is 0 Å². The van der Waals surface area contributed by atoms with E-state index in [1.165, 1.54) is 12.1 Å². The zero-order chi connectivity index (χ0) is 14.4. The van der Waals surface area contributed by atoms with E-state index in [1.54, 1.807) is 23.9 Å². The van der Waals surface area contributed by atoms with Crippen molar-refractivity contribution < 1.29 is 9.18 Å². The number of hydrogen-bond acceptors (Lipinski definition) is 3. The van der Waals surface area contributed by atoms with Gasteiger partial charge in [0.05, 0.1) is 0 Å². The van der Waals surface area contributed by atoms with Gasteiger partial charge in [0.1, 0.15) is 5.82 Å². The van der Waals surface area contributed by atoms with Gasteiger partial charge in [0.15, 0.2) is 0 Å². The van der Waals surface area contributed by atoms with Crippen molar-refractivity contribution in [3.8, 4) is 0 Å². The summed E-state index contributed by atoms with van der Waals surface area (Å²) >= 11 is 1.60. The van der Waals surface area contributed by atoms with Gasteiger partial charge in [0.25, 0.3) is 0 Å². The number of nitrogens with one attached hydrogen (secondary N) is 1. The van der Waals surface area contributed by atoms with Crippen LogP contribution in [-0.2, 0) is 4.79 Å². The molecule has 20 heavy (non-hydrogen) atoms. The topological polar surface area (TPSA) is 32.3 Å². The van der Waals surface area contributed by atoms with Crippen molar-refractivity contribution in [2.75, 3.05) is 25.9 Å². The molecule has 0 atom stereocenters. The molecule has 3 nitrogen and oxygen atoms in total. The summed E-state index contributed by atoms with van der Waals surface area (Å²) in [7, 11) is 1.90. The smallest absolute Gasteiger partial charge is 0.223 e. The van der Waals surface area contributed by atoms with Gasteiger partial charge in [-0.3, -0.25) is 4.79 Å². The first-order valence-electron chi connectivity index (χ1n) is 7.01. The van der Waals surface area contributed by atoms with E-state index < -0.39 is 0 Å². The zero-order valence-electron chi connectivity index (χ0n) is 11.8. The Morgan fingerprint density at radius 1 is 1.35 bits per heavy atom. The molecule has 0 spiro atoms. The minimum absolute atomic E-state index is 0.200. The molecule has 0 saturated carbocycles. The Kier molecular flexibility index (Phi) is 5.86. The van der Waals surface area contributed by atoms with Crippen molar-refractivity contribution in [1.82, 2.24) is 10.2 Å². The molecule has 110 valence electrons. The van der Waals surface area contributed by atoms with Crippen LogP contribution in [0.1, 0.15) is 19.3 Å². The molecule has 0 unspecified atom stereocenters. The van der Waals surface area contributed by atoms with Crippen LogP contribution in [0.2, 0.25) is 0 Å². The SMILES string of the molecule is CN(C(=O)CCSc1ccc(F)cc1)C1CCNCC1. The molecule has 5 heteroatoms. The van der Waals surface area contributed by atoms with Gasteiger partial charge in [-0.1, -0.05) is 0 Å². The van der Waals surface area contributed by atoms with Crippen molar-refractivity contribution in [3.05, 3.63) is 30.1 Å².